The number of H-pyrrole nitrogens is 3. The first kappa shape index (κ1) is 22.7. The standard InChI is InChI=1S/C3H3N3S3.3C2H6O/c7-1-4-2(8)6-3(9)5-1;3*1-2-3/h(H3,4,5,6,7,8,9);3*3H,2H2,1H3. The van der Waals surface area contributed by atoms with Gasteiger partial charge in [-0.25, -0.2) is 0 Å². The van der Waals surface area contributed by atoms with Gasteiger partial charge in [0.1, 0.15) is 0 Å². The second kappa shape index (κ2) is 18.9. The van der Waals surface area contributed by atoms with Gasteiger partial charge in [-0.1, -0.05) is 0 Å². The molecule has 0 fully saturated rings. The van der Waals surface area contributed by atoms with Crippen LogP contribution in [0.3, 0.4) is 0 Å². The van der Waals surface area contributed by atoms with Crippen LogP contribution in [0.25, 0.3) is 0 Å². The highest BCUT2D eigenvalue weighted by atomic mass is 32.1. The van der Waals surface area contributed by atoms with Crippen molar-refractivity contribution in [3.05, 3.63) is 14.3 Å². The quantitative estimate of drug-likeness (QED) is 0.408. The number of aromatic amines is 3. The molecule has 0 amide bonds. The second-order valence-electron chi connectivity index (χ2n) is 2.31. The van der Waals surface area contributed by atoms with Gasteiger partial charge in [0.25, 0.3) is 0 Å². The minimum atomic E-state index is 0.250. The lowest BCUT2D eigenvalue weighted by molar-refractivity contribution is 0.318. The molecule has 0 spiro atoms. The van der Waals surface area contributed by atoms with Gasteiger partial charge in [0, 0.05) is 19.8 Å². The molecule has 0 radical (unpaired) electrons. The Bertz CT molecular complexity index is 330. The fraction of sp³-hybridized carbons (Fsp3) is 0.667. The van der Waals surface area contributed by atoms with E-state index in [-0.39, 0.29) is 19.8 Å². The number of rotatable bonds is 0. The fourth-order valence-corrected chi connectivity index (χ4v) is 1.21. The van der Waals surface area contributed by atoms with Crippen LogP contribution >= 0.6 is 36.7 Å². The zero-order valence-electron chi connectivity index (χ0n) is 10.7. The molecule has 0 aromatic carbocycles. The lowest BCUT2D eigenvalue weighted by atomic mass is 10.9. The van der Waals surface area contributed by atoms with Gasteiger partial charge in [0.05, 0.1) is 0 Å². The predicted molar refractivity (Wildman–Crippen MR) is 80.3 cm³/mol. The van der Waals surface area contributed by atoms with E-state index in [0.717, 1.165) is 0 Å². The topological polar surface area (TPSA) is 108 Å². The molecule has 0 aliphatic rings. The summed E-state index contributed by atoms with van der Waals surface area (Å²) in [5, 5.41) is 22.7. The second-order valence-corrected chi connectivity index (χ2v) is 3.54. The lowest BCUT2D eigenvalue weighted by Gasteiger charge is -1.84. The van der Waals surface area contributed by atoms with Gasteiger partial charge in [-0.05, 0) is 57.4 Å². The van der Waals surface area contributed by atoms with E-state index in [1.807, 2.05) is 0 Å². The molecule has 0 unspecified atom stereocenters. The number of nitrogens with one attached hydrogen (secondary N) is 3. The van der Waals surface area contributed by atoms with Crippen LogP contribution in [0.1, 0.15) is 20.8 Å². The summed E-state index contributed by atoms with van der Waals surface area (Å²) in [6, 6.07) is 0. The van der Waals surface area contributed by atoms with E-state index in [0.29, 0.717) is 14.3 Å². The van der Waals surface area contributed by atoms with Crippen molar-refractivity contribution in [3.8, 4) is 0 Å². The van der Waals surface area contributed by atoms with Crippen LogP contribution in [0.4, 0.5) is 0 Å². The highest BCUT2D eigenvalue weighted by Gasteiger charge is 1.76. The maximum atomic E-state index is 7.57. The van der Waals surface area contributed by atoms with Gasteiger partial charge in [-0.15, -0.1) is 0 Å². The number of aliphatic hydroxyl groups is 3. The molecule has 18 heavy (non-hydrogen) atoms. The van der Waals surface area contributed by atoms with Crippen molar-refractivity contribution in [1.82, 2.24) is 15.0 Å². The van der Waals surface area contributed by atoms with E-state index in [1.165, 1.54) is 0 Å². The summed E-state index contributed by atoms with van der Waals surface area (Å²) < 4.78 is 1.34. The highest BCUT2D eigenvalue weighted by Crippen LogP contribution is 1.79. The first-order valence-electron chi connectivity index (χ1n) is 5.18. The fourth-order valence-electron chi connectivity index (χ4n) is 0.403. The van der Waals surface area contributed by atoms with Crippen LogP contribution in [-0.4, -0.2) is 50.1 Å². The molecule has 0 bridgehead atoms. The molecule has 1 heterocycles. The minimum absolute atomic E-state index is 0.250. The molecular formula is C9H21N3O3S3. The van der Waals surface area contributed by atoms with Crippen LogP contribution in [0.5, 0.6) is 0 Å². The summed E-state index contributed by atoms with van der Waals surface area (Å²) in [6.45, 7) is 5.79. The molecule has 1 rings (SSSR count). The molecule has 6 nitrogen and oxygen atoms in total. The molecular weight excluding hydrogens is 294 g/mol. The van der Waals surface area contributed by atoms with Gasteiger partial charge in [-0.2, -0.15) is 0 Å². The van der Waals surface area contributed by atoms with Gasteiger partial charge in [-0.3, -0.25) is 0 Å². The first-order valence-corrected chi connectivity index (χ1v) is 6.41. The third-order valence-electron chi connectivity index (χ3n) is 0.681. The summed E-state index contributed by atoms with van der Waals surface area (Å²) >= 11 is 14.2. The van der Waals surface area contributed by atoms with Crippen LogP contribution in [0.2, 0.25) is 0 Å². The SMILES string of the molecule is CCO.CCO.CCO.S=c1[nH]c(=S)[nH]c(=S)[nH]1. The Morgan fingerprint density at radius 1 is 0.667 bits per heavy atom. The van der Waals surface area contributed by atoms with Gasteiger partial charge in [0.15, 0.2) is 14.3 Å². The van der Waals surface area contributed by atoms with Crippen LogP contribution in [0, 0.1) is 14.3 Å². The zero-order chi connectivity index (χ0) is 15.0. The van der Waals surface area contributed by atoms with E-state index in [1.54, 1.807) is 20.8 Å². The Kier molecular flexibility index (Phi) is 23.8. The Labute approximate surface area is 122 Å². The third kappa shape index (κ3) is 24.7. The Morgan fingerprint density at radius 2 is 0.778 bits per heavy atom. The number of aromatic nitrogens is 3. The van der Waals surface area contributed by atoms with Crippen LogP contribution in [-0.2, 0) is 0 Å². The van der Waals surface area contributed by atoms with Crippen molar-refractivity contribution < 1.29 is 15.3 Å². The van der Waals surface area contributed by atoms with Gasteiger partial charge in [0.2, 0.25) is 0 Å². The number of hydrogen-bond acceptors (Lipinski definition) is 6. The largest absolute Gasteiger partial charge is 0.397 e. The molecule has 6 N–H and O–H groups in total. The van der Waals surface area contributed by atoms with Gasteiger partial charge < -0.3 is 30.3 Å². The molecule has 0 aliphatic carbocycles. The predicted octanol–water partition coefficient (Wildman–Crippen LogP) is 1.86. The van der Waals surface area contributed by atoms with Crippen LogP contribution < -0.4 is 0 Å². The molecule has 1 aromatic rings. The zero-order valence-corrected chi connectivity index (χ0v) is 13.1. The van der Waals surface area contributed by atoms with Crippen molar-refractivity contribution >= 4 is 36.7 Å². The van der Waals surface area contributed by atoms with Crippen molar-refractivity contribution in [3.63, 3.8) is 0 Å². The normalized spacial score (nSPS) is 7.67. The third-order valence-corrected chi connectivity index (χ3v) is 1.29. The summed E-state index contributed by atoms with van der Waals surface area (Å²) in [7, 11) is 0. The number of aliphatic hydroxyl groups excluding tert-OH is 3. The van der Waals surface area contributed by atoms with E-state index in [2.05, 4.69) is 15.0 Å². The molecule has 108 valence electrons. The van der Waals surface area contributed by atoms with E-state index in [4.69, 9.17) is 52.0 Å². The smallest absolute Gasteiger partial charge is 0.178 e. The maximum Gasteiger partial charge on any atom is 0.178 e. The average molecular weight is 315 g/mol. The Hall–Kier alpha value is -0.450. The van der Waals surface area contributed by atoms with Crippen molar-refractivity contribution in [2.24, 2.45) is 0 Å². The molecule has 0 saturated heterocycles. The number of hydrogen-bond donors (Lipinski definition) is 6. The lowest BCUT2D eigenvalue weighted by Crippen LogP contribution is -1.86. The summed E-state index contributed by atoms with van der Waals surface area (Å²) in [5.41, 5.74) is 0. The summed E-state index contributed by atoms with van der Waals surface area (Å²) in [4.78, 5) is 7.99. The molecule has 1 aromatic heterocycles. The maximum absolute atomic E-state index is 7.57. The minimum Gasteiger partial charge on any atom is -0.397 e. The van der Waals surface area contributed by atoms with Crippen LogP contribution in [0.15, 0.2) is 0 Å². The van der Waals surface area contributed by atoms with Gasteiger partial charge >= 0.3 is 0 Å². The highest BCUT2D eigenvalue weighted by molar-refractivity contribution is 7.72. The van der Waals surface area contributed by atoms with Crippen molar-refractivity contribution in [2.75, 3.05) is 19.8 Å². The van der Waals surface area contributed by atoms with Crippen molar-refractivity contribution in [1.29, 1.82) is 0 Å². The molecule has 0 atom stereocenters. The Balaban J connectivity index is -0.000000210. The van der Waals surface area contributed by atoms with E-state index >= 15 is 0 Å². The summed E-state index contributed by atoms with van der Waals surface area (Å²) in [6.07, 6.45) is 0. The Morgan fingerprint density at radius 3 is 0.889 bits per heavy atom. The monoisotopic (exact) mass is 315 g/mol. The van der Waals surface area contributed by atoms with E-state index < -0.39 is 0 Å². The average Bonchev–Trinajstić information content (AvgIpc) is 2.18. The molecule has 0 aliphatic heterocycles. The first-order chi connectivity index (χ1) is 8.42. The molecule has 0 saturated carbocycles. The van der Waals surface area contributed by atoms with Crippen molar-refractivity contribution in [2.45, 2.75) is 20.8 Å². The summed E-state index contributed by atoms with van der Waals surface area (Å²) in [5.74, 6) is 0. The van der Waals surface area contributed by atoms with E-state index in [9.17, 15) is 0 Å². The molecule has 9 heteroatoms.